The fourth-order valence-electron chi connectivity index (χ4n) is 1.62. The van der Waals surface area contributed by atoms with Crippen LogP contribution in [0.25, 0.3) is 0 Å². The summed E-state index contributed by atoms with van der Waals surface area (Å²) in [7, 11) is -3.68. The molecule has 1 aromatic carbocycles. The maximum atomic E-state index is 11.9. The van der Waals surface area contributed by atoms with Crippen molar-refractivity contribution < 1.29 is 17.3 Å². The Morgan fingerprint density at radius 2 is 2.00 bits per heavy atom. The number of benzene rings is 1. The second kappa shape index (κ2) is 5.48. The summed E-state index contributed by atoms with van der Waals surface area (Å²) in [6.07, 6.45) is 1.19. The topological polar surface area (TPSA) is 52.6 Å². The van der Waals surface area contributed by atoms with Crippen molar-refractivity contribution in [3.8, 4) is 0 Å². The van der Waals surface area contributed by atoms with Crippen LogP contribution < -0.4 is 0 Å². The Hall–Kier alpha value is -0.430. The molecule has 1 atom stereocenters. The third-order valence-corrected chi connectivity index (χ3v) is 4.39. The molecule has 0 aliphatic carbocycles. The number of hydrogen-bond acceptors (Lipinski definition) is 4. The van der Waals surface area contributed by atoms with E-state index in [9.17, 15) is 8.42 Å². The summed E-state index contributed by atoms with van der Waals surface area (Å²) in [6, 6.07) is 6.38. The fraction of sp³-hybridized carbons (Fsp3) is 0.455. The molecular formula is C11H13BrO4S. The van der Waals surface area contributed by atoms with Crippen molar-refractivity contribution in [1.29, 1.82) is 0 Å². The van der Waals surface area contributed by atoms with Gasteiger partial charge < -0.3 is 4.74 Å². The number of ether oxygens (including phenoxy) is 1. The lowest BCUT2D eigenvalue weighted by atomic mass is 10.2. The van der Waals surface area contributed by atoms with Gasteiger partial charge in [-0.25, -0.2) is 0 Å². The lowest BCUT2D eigenvalue weighted by molar-refractivity contribution is 0.0104. The smallest absolute Gasteiger partial charge is 0.297 e. The van der Waals surface area contributed by atoms with Crippen LogP contribution in [0.5, 0.6) is 0 Å². The number of halogens is 1. The number of rotatable bonds is 3. The molecule has 1 heterocycles. The van der Waals surface area contributed by atoms with E-state index >= 15 is 0 Å². The van der Waals surface area contributed by atoms with Crippen LogP contribution in [-0.2, 0) is 19.0 Å². The van der Waals surface area contributed by atoms with Gasteiger partial charge >= 0.3 is 0 Å². The monoisotopic (exact) mass is 320 g/mol. The van der Waals surface area contributed by atoms with Gasteiger partial charge in [0, 0.05) is 11.1 Å². The van der Waals surface area contributed by atoms with Gasteiger partial charge in [-0.1, -0.05) is 15.9 Å². The molecule has 1 fully saturated rings. The molecular weight excluding hydrogens is 308 g/mol. The summed E-state index contributed by atoms with van der Waals surface area (Å²) in [4.78, 5) is 0.172. The van der Waals surface area contributed by atoms with Crippen molar-refractivity contribution >= 4 is 26.0 Å². The summed E-state index contributed by atoms with van der Waals surface area (Å²) >= 11 is 3.26. The van der Waals surface area contributed by atoms with Gasteiger partial charge in [0.2, 0.25) is 0 Å². The maximum Gasteiger partial charge on any atom is 0.297 e. The Bertz CT molecular complexity index is 463. The predicted octanol–water partition coefficient (Wildman–Crippen LogP) is 2.33. The zero-order valence-electron chi connectivity index (χ0n) is 9.13. The van der Waals surface area contributed by atoms with Crippen molar-refractivity contribution in [3.05, 3.63) is 28.7 Å². The molecule has 1 saturated heterocycles. The molecule has 2 rings (SSSR count). The van der Waals surface area contributed by atoms with Gasteiger partial charge in [0.05, 0.1) is 11.5 Å². The normalized spacial score (nSPS) is 21.4. The Morgan fingerprint density at radius 1 is 1.29 bits per heavy atom. The van der Waals surface area contributed by atoms with E-state index in [2.05, 4.69) is 15.9 Å². The SMILES string of the molecule is O=S(=O)(OC1CCCOC1)c1ccc(Br)cc1. The van der Waals surface area contributed by atoms with Crippen molar-refractivity contribution in [2.24, 2.45) is 0 Å². The molecule has 6 heteroatoms. The molecule has 0 amide bonds. The average molecular weight is 321 g/mol. The van der Waals surface area contributed by atoms with E-state index in [0.717, 1.165) is 17.3 Å². The van der Waals surface area contributed by atoms with Gasteiger partial charge in [0.25, 0.3) is 10.1 Å². The Balaban J connectivity index is 2.10. The van der Waals surface area contributed by atoms with E-state index in [1.807, 2.05) is 0 Å². The molecule has 0 spiro atoms. The van der Waals surface area contributed by atoms with E-state index in [0.29, 0.717) is 13.2 Å². The van der Waals surface area contributed by atoms with Gasteiger partial charge in [-0.3, -0.25) is 4.18 Å². The van der Waals surface area contributed by atoms with Gasteiger partial charge in [-0.2, -0.15) is 8.42 Å². The molecule has 0 N–H and O–H groups in total. The molecule has 0 bridgehead atoms. The van der Waals surface area contributed by atoms with E-state index in [1.54, 1.807) is 12.1 Å². The first-order chi connectivity index (χ1) is 8.08. The van der Waals surface area contributed by atoms with E-state index in [4.69, 9.17) is 8.92 Å². The van der Waals surface area contributed by atoms with E-state index in [1.165, 1.54) is 12.1 Å². The second-order valence-corrected chi connectivity index (χ2v) is 6.33. The largest absolute Gasteiger partial charge is 0.379 e. The molecule has 0 radical (unpaired) electrons. The molecule has 1 aliphatic heterocycles. The highest BCUT2D eigenvalue weighted by Gasteiger charge is 2.23. The fourth-order valence-corrected chi connectivity index (χ4v) is 2.98. The third-order valence-electron chi connectivity index (χ3n) is 2.48. The van der Waals surface area contributed by atoms with Crippen molar-refractivity contribution in [1.82, 2.24) is 0 Å². The predicted molar refractivity (Wildman–Crippen MR) is 66.3 cm³/mol. The van der Waals surface area contributed by atoms with Crippen LogP contribution in [0, 0.1) is 0 Å². The average Bonchev–Trinajstić information content (AvgIpc) is 2.30. The minimum Gasteiger partial charge on any atom is -0.379 e. The minimum atomic E-state index is -3.68. The van der Waals surface area contributed by atoms with Crippen LogP contribution >= 0.6 is 15.9 Å². The summed E-state index contributed by atoms with van der Waals surface area (Å²) in [5.74, 6) is 0. The molecule has 94 valence electrons. The molecule has 0 saturated carbocycles. The molecule has 0 aromatic heterocycles. The second-order valence-electron chi connectivity index (χ2n) is 3.84. The standard InChI is InChI=1S/C11H13BrO4S/c12-9-3-5-11(6-4-9)17(13,14)16-10-2-1-7-15-8-10/h3-6,10H,1-2,7-8H2. The highest BCUT2D eigenvalue weighted by atomic mass is 79.9. The summed E-state index contributed by atoms with van der Waals surface area (Å²) in [5, 5.41) is 0. The van der Waals surface area contributed by atoms with Crippen LogP contribution in [0.15, 0.2) is 33.6 Å². The Kier molecular flexibility index (Phi) is 4.19. The van der Waals surface area contributed by atoms with Crippen molar-refractivity contribution in [2.45, 2.75) is 23.8 Å². The van der Waals surface area contributed by atoms with Gasteiger partial charge in [-0.05, 0) is 37.1 Å². The first-order valence-corrected chi connectivity index (χ1v) is 7.55. The molecule has 17 heavy (non-hydrogen) atoms. The zero-order valence-corrected chi connectivity index (χ0v) is 11.5. The van der Waals surface area contributed by atoms with Crippen LogP contribution in [0.2, 0.25) is 0 Å². The van der Waals surface area contributed by atoms with Crippen LogP contribution in [0.3, 0.4) is 0 Å². The summed E-state index contributed by atoms with van der Waals surface area (Å²) in [5.41, 5.74) is 0. The number of hydrogen-bond donors (Lipinski definition) is 0. The van der Waals surface area contributed by atoms with E-state index in [-0.39, 0.29) is 11.0 Å². The molecule has 1 aliphatic rings. The quantitative estimate of drug-likeness (QED) is 0.802. The van der Waals surface area contributed by atoms with Gasteiger partial charge in [-0.15, -0.1) is 0 Å². The summed E-state index contributed by atoms with van der Waals surface area (Å²) in [6.45, 7) is 1.02. The van der Waals surface area contributed by atoms with Crippen LogP contribution in [0.4, 0.5) is 0 Å². The molecule has 1 unspecified atom stereocenters. The van der Waals surface area contributed by atoms with Crippen molar-refractivity contribution in [2.75, 3.05) is 13.2 Å². The Labute approximate surface area is 109 Å². The third kappa shape index (κ3) is 3.51. The molecule has 4 nitrogen and oxygen atoms in total. The van der Waals surface area contributed by atoms with Crippen LogP contribution in [-0.4, -0.2) is 27.7 Å². The Morgan fingerprint density at radius 3 is 2.59 bits per heavy atom. The van der Waals surface area contributed by atoms with E-state index < -0.39 is 10.1 Å². The first-order valence-electron chi connectivity index (χ1n) is 5.34. The molecule has 1 aromatic rings. The highest BCUT2D eigenvalue weighted by molar-refractivity contribution is 9.10. The maximum absolute atomic E-state index is 11.9. The lowest BCUT2D eigenvalue weighted by Crippen LogP contribution is -2.28. The van der Waals surface area contributed by atoms with Gasteiger partial charge in [0.1, 0.15) is 6.10 Å². The van der Waals surface area contributed by atoms with Gasteiger partial charge in [0.15, 0.2) is 0 Å². The summed E-state index contributed by atoms with van der Waals surface area (Å²) < 4.78 is 35.0. The first kappa shape index (κ1) is 13.0. The highest BCUT2D eigenvalue weighted by Crippen LogP contribution is 2.20. The lowest BCUT2D eigenvalue weighted by Gasteiger charge is -2.21. The van der Waals surface area contributed by atoms with Crippen molar-refractivity contribution in [3.63, 3.8) is 0 Å². The zero-order chi connectivity index (χ0) is 12.3. The minimum absolute atomic E-state index is 0.172. The van der Waals surface area contributed by atoms with Crippen LogP contribution in [0.1, 0.15) is 12.8 Å².